The molecule has 0 N–H and O–H groups in total. The summed E-state index contributed by atoms with van der Waals surface area (Å²) in [5.74, 6) is 0.504. The van der Waals surface area contributed by atoms with Crippen LogP contribution < -0.4 is 14.7 Å². The lowest BCUT2D eigenvalue weighted by Crippen LogP contribution is -2.45. The van der Waals surface area contributed by atoms with Crippen LogP contribution in [0.3, 0.4) is 0 Å². The molecule has 0 unspecified atom stereocenters. The minimum absolute atomic E-state index is 0.0488. The van der Waals surface area contributed by atoms with Crippen LogP contribution in [0.15, 0.2) is 12.1 Å². The Labute approximate surface area is 205 Å². The van der Waals surface area contributed by atoms with E-state index in [0.717, 1.165) is 36.3 Å². The van der Waals surface area contributed by atoms with Crippen LogP contribution in [-0.2, 0) is 19.1 Å². The zero-order valence-corrected chi connectivity index (χ0v) is 23.4. The molecule has 0 radical (unpaired) electrons. The molecule has 3 rings (SSSR count). The summed E-state index contributed by atoms with van der Waals surface area (Å²) in [6.07, 6.45) is 2.82. The molecule has 1 heterocycles. The largest absolute Gasteiger partial charge is 0.460 e. The highest BCUT2D eigenvalue weighted by atomic mass is 28.3. The molecule has 1 aliphatic carbocycles. The molecule has 1 aromatic rings. The molecular weight excluding hydrogens is 448 g/mol. The van der Waals surface area contributed by atoms with Gasteiger partial charge in [-0.1, -0.05) is 32.1 Å². The number of ether oxygens (including phenoxy) is 4. The Morgan fingerprint density at radius 1 is 0.971 bits per heavy atom. The predicted octanol–water partition coefficient (Wildman–Crippen LogP) is 5.53. The Hall–Kier alpha value is -2.02. The molecule has 34 heavy (non-hydrogen) atoms. The van der Waals surface area contributed by atoms with Crippen molar-refractivity contribution in [3.8, 4) is 11.5 Å². The van der Waals surface area contributed by atoms with Crippen molar-refractivity contribution in [3.63, 3.8) is 0 Å². The highest BCUT2D eigenvalue weighted by Crippen LogP contribution is 2.46. The third-order valence-corrected chi connectivity index (χ3v) is 8.30. The molecule has 7 heteroatoms. The number of hydrogen-bond donors (Lipinski definition) is 0. The van der Waals surface area contributed by atoms with Crippen LogP contribution in [0.1, 0.15) is 78.7 Å². The minimum atomic E-state index is -1.86. The molecule has 1 saturated carbocycles. The first-order chi connectivity index (χ1) is 15.6. The first kappa shape index (κ1) is 26.6. The molecule has 1 aromatic carbocycles. The first-order valence-corrected chi connectivity index (χ1v) is 15.9. The fourth-order valence-electron chi connectivity index (χ4n) is 5.26. The second kappa shape index (κ2) is 9.55. The van der Waals surface area contributed by atoms with Gasteiger partial charge < -0.3 is 18.9 Å². The van der Waals surface area contributed by atoms with E-state index in [4.69, 9.17) is 18.9 Å². The van der Waals surface area contributed by atoms with Crippen molar-refractivity contribution in [2.45, 2.75) is 104 Å². The van der Waals surface area contributed by atoms with Gasteiger partial charge in [-0.25, -0.2) is 0 Å². The number of carbonyl (C=O) groups is 2. The molecule has 6 nitrogen and oxygen atoms in total. The highest BCUT2D eigenvalue weighted by Gasteiger charge is 2.45. The van der Waals surface area contributed by atoms with Gasteiger partial charge in [0, 0.05) is 6.42 Å². The number of hydrogen-bond acceptors (Lipinski definition) is 6. The first-order valence-electron chi connectivity index (χ1n) is 12.4. The van der Waals surface area contributed by atoms with Crippen molar-refractivity contribution < 1.29 is 28.5 Å². The summed E-state index contributed by atoms with van der Waals surface area (Å²) >= 11 is 0. The van der Waals surface area contributed by atoms with E-state index in [1.807, 2.05) is 47.6 Å². The van der Waals surface area contributed by atoms with E-state index < -0.39 is 25.2 Å². The topological polar surface area (TPSA) is 71.1 Å². The molecule has 0 saturated heterocycles. The van der Waals surface area contributed by atoms with E-state index in [1.54, 1.807) is 0 Å². The summed E-state index contributed by atoms with van der Waals surface area (Å²) in [5, 5.41) is 1.21. The monoisotopic (exact) mass is 490 g/mol. The lowest BCUT2D eigenvalue weighted by atomic mass is 9.68. The molecule has 190 valence electrons. The Bertz CT molecular complexity index is 919. The van der Waals surface area contributed by atoms with Crippen LogP contribution in [0.4, 0.5) is 0 Å². The molecule has 0 amide bonds. The van der Waals surface area contributed by atoms with Crippen molar-refractivity contribution in [1.29, 1.82) is 0 Å². The van der Waals surface area contributed by atoms with Gasteiger partial charge in [0.15, 0.2) is 11.5 Å². The van der Waals surface area contributed by atoms with E-state index in [2.05, 4.69) is 25.7 Å². The number of carbonyl (C=O) groups excluding carboxylic acids is 2. The fraction of sp³-hybridized carbons (Fsp3) is 0.704. The molecule has 0 bridgehead atoms. The minimum Gasteiger partial charge on any atom is -0.460 e. The highest BCUT2D eigenvalue weighted by molar-refractivity contribution is 6.89. The number of esters is 2. The second-order valence-electron chi connectivity index (χ2n) is 12.7. The summed E-state index contributed by atoms with van der Waals surface area (Å²) in [5.41, 5.74) is -0.0193. The summed E-state index contributed by atoms with van der Waals surface area (Å²) in [7, 11) is -1.86. The van der Waals surface area contributed by atoms with E-state index >= 15 is 0 Å². The summed E-state index contributed by atoms with van der Waals surface area (Å²) in [6.45, 7) is 18.4. The lowest BCUT2D eigenvalue weighted by Gasteiger charge is -2.40. The maximum Gasteiger partial charge on any atom is 0.310 e. The molecule has 0 spiro atoms. The molecule has 2 aliphatic rings. The van der Waals surface area contributed by atoms with Crippen LogP contribution in [-0.4, -0.2) is 38.0 Å². The van der Waals surface area contributed by atoms with Gasteiger partial charge in [-0.2, -0.15) is 0 Å². The SMILES string of the molecule is CC(C)(C)OC(=O)C[C@@H]1CCC[C@H](c2ccc3c(c2[Si](C)(C)C)OCO3)[C@H]1C(=O)OC(C)(C)C. The molecule has 1 fully saturated rings. The van der Waals surface area contributed by atoms with Gasteiger partial charge in [0.25, 0.3) is 0 Å². The fourth-order valence-corrected chi connectivity index (χ4v) is 7.27. The maximum atomic E-state index is 13.7. The smallest absolute Gasteiger partial charge is 0.310 e. The van der Waals surface area contributed by atoms with E-state index in [9.17, 15) is 9.59 Å². The standard InChI is InChI=1S/C27H42O6Si/c1-26(2,3)32-21(28)15-17-11-10-12-18(22(17)25(29)33-27(4,5)6)19-13-14-20-23(31-16-30-20)24(19)34(7,8)9/h13-14,17-18,22H,10-12,15-16H2,1-9H3/t17-,18+,22-/m0/s1. The molecule has 0 aromatic heterocycles. The molecule has 1 aliphatic heterocycles. The molecular formula is C27H42O6Si. The Balaban J connectivity index is 2.05. The second-order valence-corrected chi connectivity index (χ2v) is 17.7. The molecule has 3 atom stereocenters. The summed E-state index contributed by atoms with van der Waals surface area (Å²) < 4.78 is 23.2. The van der Waals surface area contributed by atoms with Gasteiger partial charge in [0.1, 0.15) is 11.2 Å². The van der Waals surface area contributed by atoms with E-state index in [-0.39, 0.29) is 37.0 Å². The van der Waals surface area contributed by atoms with Gasteiger partial charge in [-0.05, 0) is 83.0 Å². The normalized spacial score (nSPS) is 22.9. The number of fused-ring (bicyclic) bond motifs is 1. The van der Waals surface area contributed by atoms with E-state index in [1.165, 1.54) is 5.19 Å². The van der Waals surface area contributed by atoms with Gasteiger partial charge in [0.05, 0.1) is 14.0 Å². The van der Waals surface area contributed by atoms with Gasteiger partial charge >= 0.3 is 11.9 Å². The van der Waals surface area contributed by atoms with Crippen molar-refractivity contribution in [3.05, 3.63) is 17.7 Å². The lowest BCUT2D eigenvalue weighted by molar-refractivity contribution is -0.166. The van der Waals surface area contributed by atoms with Crippen molar-refractivity contribution in [2.75, 3.05) is 6.79 Å². The van der Waals surface area contributed by atoms with Crippen molar-refractivity contribution in [2.24, 2.45) is 11.8 Å². The number of rotatable bonds is 5. The van der Waals surface area contributed by atoms with Crippen LogP contribution in [0.25, 0.3) is 0 Å². The van der Waals surface area contributed by atoms with Crippen molar-refractivity contribution in [1.82, 2.24) is 0 Å². The third kappa shape index (κ3) is 6.35. The van der Waals surface area contributed by atoms with E-state index in [0.29, 0.717) is 0 Å². The Kier molecular flexibility index (Phi) is 7.47. The number of benzene rings is 1. The zero-order valence-electron chi connectivity index (χ0n) is 22.4. The quantitative estimate of drug-likeness (QED) is 0.399. The van der Waals surface area contributed by atoms with Crippen molar-refractivity contribution >= 4 is 25.2 Å². The van der Waals surface area contributed by atoms with Gasteiger partial charge in [-0.3, -0.25) is 9.59 Å². The summed E-state index contributed by atoms with van der Waals surface area (Å²) in [6, 6.07) is 4.07. The maximum absolute atomic E-state index is 13.7. The van der Waals surface area contributed by atoms with Crippen LogP contribution in [0, 0.1) is 11.8 Å². The Morgan fingerprint density at radius 3 is 2.21 bits per heavy atom. The summed E-state index contributed by atoms with van der Waals surface area (Å²) in [4.78, 5) is 26.4. The van der Waals surface area contributed by atoms with Gasteiger partial charge in [0.2, 0.25) is 6.79 Å². The zero-order chi connectivity index (χ0) is 25.5. The predicted molar refractivity (Wildman–Crippen MR) is 135 cm³/mol. The average Bonchev–Trinajstić information content (AvgIpc) is 3.11. The van der Waals surface area contributed by atoms with Crippen LogP contribution >= 0.6 is 0 Å². The average molecular weight is 491 g/mol. The van der Waals surface area contributed by atoms with Gasteiger partial charge in [-0.15, -0.1) is 0 Å². The van der Waals surface area contributed by atoms with Crippen LogP contribution in [0.2, 0.25) is 19.6 Å². The van der Waals surface area contributed by atoms with Crippen LogP contribution in [0.5, 0.6) is 11.5 Å². The Morgan fingerprint density at radius 2 is 1.62 bits per heavy atom. The third-order valence-electron chi connectivity index (χ3n) is 6.28.